The Morgan fingerprint density at radius 2 is 1.68 bits per heavy atom. The van der Waals surface area contributed by atoms with E-state index in [2.05, 4.69) is 26.3 Å². The lowest BCUT2D eigenvalue weighted by Crippen LogP contribution is -2.43. The molecule has 0 bridgehead atoms. The van der Waals surface area contributed by atoms with Crippen LogP contribution in [0.1, 0.15) is 40.7 Å². The van der Waals surface area contributed by atoms with Crippen molar-refractivity contribution in [3.63, 3.8) is 0 Å². The fourth-order valence-corrected chi connectivity index (χ4v) is 3.36. The van der Waals surface area contributed by atoms with Crippen molar-refractivity contribution in [2.45, 2.75) is 19.9 Å². The highest BCUT2D eigenvalue weighted by Gasteiger charge is 2.19. The molecule has 0 spiro atoms. The van der Waals surface area contributed by atoms with Gasteiger partial charge < -0.3 is 5.32 Å². The molecule has 0 aliphatic carbocycles. The first kappa shape index (κ1) is 22.6. The molecule has 10 heteroatoms. The smallest absolute Gasteiger partial charge is 0.290 e. The summed E-state index contributed by atoms with van der Waals surface area (Å²) in [5.74, 6) is -1.61. The van der Waals surface area contributed by atoms with Crippen molar-refractivity contribution in [3.8, 4) is 0 Å². The number of aromatic nitrogens is 3. The van der Waals surface area contributed by atoms with Gasteiger partial charge in [-0.15, -0.1) is 0 Å². The summed E-state index contributed by atoms with van der Waals surface area (Å²) in [6, 6.07) is 15.1. The molecule has 4 rings (SSSR count). The van der Waals surface area contributed by atoms with Gasteiger partial charge in [-0.25, -0.2) is 14.1 Å². The predicted molar refractivity (Wildman–Crippen MR) is 125 cm³/mol. The van der Waals surface area contributed by atoms with Crippen molar-refractivity contribution in [2.75, 3.05) is 5.32 Å². The van der Waals surface area contributed by atoms with E-state index in [1.807, 2.05) is 0 Å². The van der Waals surface area contributed by atoms with Crippen LogP contribution >= 0.6 is 0 Å². The monoisotopic (exact) mass is 460 g/mol. The lowest BCUT2D eigenvalue weighted by Gasteiger charge is -2.14. The van der Waals surface area contributed by atoms with Gasteiger partial charge in [0.25, 0.3) is 17.4 Å². The number of nitrogens with zero attached hydrogens (tertiary/aromatic N) is 3. The normalized spacial score (nSPS) is 10.8. The maximum absolute atomic E-state index is 13.5. The first-order valence-corrected chi connectivity index (χ1v) is 10.4. The fraction of sp³-hybridized carbons (Fsp3) is 0.125. The van der Waals surface area contributed by atoms with E-state index in [0.717, 1.165) is 0 Å². The van der Waals surface area contributed by atoms with Crippen LogP contribution in [0, 0.1) is 5.82 Å². The zero-order chi connectivity index (χ0) is 24.2. The molecule has 4 aromatic rings. The SMILES string of the molecule is CC(C)n1nc(C(=O)NNC(=O)c2cccnc2Nc2cccc(F)c2)c2ccccc2c1=O. The largest absolute Gasteiger partial charge is 0.339 e. The fourth-order valence-electron chi connectivity index (χ4n) is 3.36. The molecule has 0 saturated heterocycles. The number of anilines is 2. The number of nitrogens with one attached hydrogen (secondary N) is 3. The summed E-state index contributed by atoms with van der Waals surface area (Å²) in [6.07, 6.45) is 1.47. The van der Waals surface area contributed by atoms with Crippen LogP contribution < -0.4 is 21.7 Å². The van der Waals surface area contributed by atoms with Crippen molar-refractivity contribution in [1.29, 1.82) is 0 Å². The number of fused-ring (bicyclic) bond motifs is 1. The zero-order valence-corrected chi connectivity index (χ0v) is 18.4. The second-order valence-corrected chi connectivity index (χ2v) is 7.68. The highest BCUT2D eigenvalue weighted by atomic mass is 19.1. The second kappa shape index (κ2) is 9.49. The number of hydrogen-bond acceptors (Lipinski definition) is 6. The van der Waals surface area contributed by atoms with Crippen molar-refractivity contribution in [1.82, 2.24) is 25.6 Å². The Hall–Kier alpha value is -4.60. The number of amides is 2. The molecular weight excluding hydrogens is 439 g/mol. The minimum absolute atomic E-state index is 0.00602. The van der Waals surface area contributed by atoms with Gasteiger partial charge in [0.2, 0.25) is 0 Å². The average Bonchev–Trinajstić information content (AvgIpc) is 2.83. The number of halogens is 1. The number of hydrazine groups is 1. The van der Waals surface area contributed by atoms with E-state index in [0.29, 0.717) is 16.5 Å². The summed E-state index contributed by atoms with van der Waals surface area (Å²) in [7, 11) is 0. The number of rotatable bonds is 5. The van der Waals surface area contributed by atoms with Crippen molar-refractivity contribution < 1.29 is 14.0 Å². The lowest BCUT2D eigenvalue weighted by molar-refractivity contribution is 0.0843. The summed E-state index contributed by atoms with van der Waals surface area (Å²) >= 11 is 0. The molecule has 9 nitrogen and oxygen atoms in total. The van der Waals surface area contributed by atoms with E-state index >= 15 is 0 Å². The minimum atomic E-state index is -0.692. The standard InChI is InChI=1S/C24H21FN6O3/c1-14(2)31-24(34)18-10-4-3-9-17(18)20(30-31)23(33)29-28-22(32)19-11-6-12-26-21(19)27-16-8-5-7-15(25)13-16/h3-14H,1-2H3,(H,26,27)(H,28,32)(H,29,33). The van der Waals surface area contributed by atoms with E-state index in [-0.39, 0.29) is 28.7 Å². The highest BCUT2D eigenvalue weighted by molar-refractivity contribution is 6.06. The molecule has 3 N–H and O–H groups in total. The van der Waals surface area contributed by atoms with E-state index < -0.39 is 17.6 Å². The molecule has 0 aliphatic heterocycles. The molecule has 2 heterocycles. The van der Waals surface area contributed by atoms with Crippen LogP contribution in [0.15, 0.2) is 71.7 Å². The van der Waals surface area contributed by atoms with Gasteiger partial charge in [0.15, 0.2) is 5.69 Å². The summed E-state index contributed by atoms with van der Waals surface area (Å²) in [5, 5.41) is 7.81. The zero-order valence-electron chi connectivity index (χ0n) is 18.4. The van der Waals surface area contributed by atoms with Gasteiger partial charge in [-0.3, -0.25) is 25.2 Å². The minimum Gasteiger partial charge on any atom is -0.339 e. The van der Waals surface area contributed by atoms with E-state index in [1.165, 1.54) is 35.1 Å². The van der Waals surface area contributed by atoms with Crippen LogP contribution in [0.3, 0.4) is 0 Å². The Morgan fingerprint density at radius 3 is 2.41 bits per heavy atom. The third kappa shape index (κ3) is 4.60. The summed E-state index contributed by atoms with van der Waals surface area (Å²) < 4.78 is 14.7. The maximum atomic E-state index is 13.5. The molecule has 0 fully saturated rings. The summed E-state index contributed by atoms with van der Waals surface area (Å²) in [5.41, 5.74) is 4.90. The molecule has 0 aliphatic rings. The molecule has 0 atom stereocenters. The Labute approximate surface area is 193 Å². The van der Waals surface area contributed by atoms with E-state index in [1.54, 1.807) is 50.2 Å². The van der Waals surface area contributed by atoms with E-state index in [9.17, 15) is 18.8 Å². The Balaban J connectivity index is 1.57. The molecule has 0 saturated carbocycles. The summed E-state index contributed by atoms with van der Waals surface area (Å²) in [6.45, 7) is 3.56. The van der Waals surface area contributed by atoms with Crippen molar-refractivity contribution in [3.05, 3.63) is 94.3 Å². The number of carbonyl (C=O) groups is 2. The number of benzene rings is 2. The summed E-state index contributed by atoms with van der Waals surface area (Å²) in [4.78, 5) is 42.5. The third-order valence-electron chi connectivity index (χ3n) is 4.96. The molecule has 2 aromatic carbocycles. The third-order valence-corrected chi connectivity index (χ3v) is 4.96. The second-order valence-electron chi connectivity index (χ2n) is 7.68. The van der Waals surface area contributed by atoms with Crippen LogP contribution in [-0.2, 0) is 0 Å². The van der Waals surface area contributed by atoms with Crippen LogP contribution in [0.5, 0.6) is 0 Å². The molecule has 0 unspecified atom stereocenters. The predicted octanol–water partition coefficient (Wildman–Crippen LogP) is 3.33. The van der Waals surface area contributed by atoms with Crippen LogP contribution in [-0.4, -0.2) is 26.6 Å². The van der Waals surface area contributed by atoms with E-state index in [4.69, 9.17) is 0 Å². The first-order valence-electron chi connectivity index (χ1n) is 10.4. The Kier molecular flexibility index (Phi) is 6.30. The van der Waals surface area contributed by atoms with Crippen LogP contribution in [0.4, 0.5) is 15.9 Å². The van der Waals surface area contributed by atoms with Crippen molar-refractivity contribution in [2.24, 2.45) is 0 Å². The van der Waals surface area contributed by atoms with Gasteiger partial charge in [-0.05, 0) is 50.2 Å². The van der Waals surface area contributed by atoms with Gasteiger partial charge in [0.05, 0.1) is 17.0 Å². The molecule has 172 valence electrons. The molecule has 2 aromatic heterocycles. The topological polar surface area (TPSA) is 118 Å². The quantitative estimate of drug-likeness (QED) is 0.393. The van der Waals surface area contributed by atoms with Gasteiger partial charge in [-0.1, -0.05) is 24.3 Å². The molecule has 34 heavy (non-hydrogen) atoms. The number of pyridine rings is 1. The van der Waals surface area contributed by atoms with Gasteiger partial charge >= 0.3 is 0 Å². The van der Waals surface area contributed by atoms with Gasteiger partial charge in [-0.2, -0.15) is 5.10 Å². The maximum Gasteiger partial charge on any atom is 0.290 e. The molecule has 0 radical (unpaired) electrons. The van der Waals surface area contributed by atoms with Crippen molar-refractivity contribution >= 4 is 34.1 Å². The van der Waals surface area contributed by atoms with Gasteiger partial charge in [0, 0.05) is 17.3 Å². The van der Waals surface area contributed by atoms with Crippen LogP contribution in [0.2, 0.25) is 0 Å². The Bertz CT molecular complexity index is 1450. The molecule has 2 amide bonds. The average molecular weight is 460 g/mol. The van der Waals surface area contributed by atoms with Gasteiger partial charge in [0.1, 0.15) is 11.6 Å². The Morgan fingerprint density at radius 1 is 0.941 bits per heavy atom. The number of hydrogen-bond donors (Lipinski definition) is 3. The lowest BCUT2D eigenvalue weighted by atomic mass is 10.1. The van der Waals surface area contributed by atoms with Crippen LogP contribution in [0.25, 0.3) is 10.8 Å². The highest BCUT2D eigenvalue weighted by Crippen LogP contribution is 2.19. The molecular formula is C24H21FN6O3. The first-order chi connectivity index (χ1) is 16.3. The number of carbonyl (C=O) groups excluding carboxylic acids is 2.